The number of rotatable bonds is 3. The minimum atomic E-state index is -0.676. The van der Waals surface area contributed by atoms with Crippen LogP contribution < -0.4 is 11.1 Å². The van der Waals surface area contributed by atoms with E-state index in [1.54, 1.807) is 0 Å². The molecular weight excluding hydrogens is 383 g/mol. The molecule has 1 fully saturated rings. The number of nitrogens with one attached hydrogen (secondary N) is 1. The molecule has 1 aliphatic carbocycles. The first-order valence-corrected chi connectivity index (χ1v) is 8.41. The van der Waals surface area contributed by atoms with Crippen LogP contribution in [-0.2, 0) is 4.79 Å². The van der Waals surface area contributed by atoms with E-state index in [0.29, 0.717) is 4.99 Å². The quantitative estimate of drug-likeness (QED) is 0.459. The van der Waals surface area contributed by atoms with Crippen LogP contribution in [0.25, 0.3) is 0 Å². The Hall–Kier alpha value is -0.690. The van der Waals surface area contributed by atoms with Gasteiger partial charge in [-0.05, 0) is 47.6 Å². The molecule has 3 nitrogen and oxygen atoms in total. The molecule has 108 valence electrons. The van der Waals surface area contributed by atoms with Crippen LogP contribution in [0.4, 0.5) is 5.69 Å². The number of amides is 1. The number of halogens is 1. The SMILES string of the molecule is NC(=S)C1(C(=O)Nc2ccccc2I)CCCCCC1. The van der Waals surface area contributed by atoms with Gasteiger partial charge in [0.25, 0.3) is 0 Å². The van der Waals surface area contributed by atoms with E-state index >= 15 is 0 Å². The zero-order chi connectivity index (χ0) is 14.6. The van der Waals surface area contributed by atoms with Crippen molar-refractivity contribution in [2.75, 3.05) is 5.32 Å². The monoisotopic (exact) mass is 402 g/mol. The van der Waals surface area contributed by atoms with E-state index in [4.69, 9.17) is 18.0 Å². The van der Waals surface area contributed by atoms with Gasteiger partial charge in [-0.25, -0.2) is 0 Å². The number of hydrogen-bond donors (Lipinski definition) is 2. The highest BCUT2D eigenvalue weighted by Crippen LogP contribution is 2.37. The maximum Gasteiger partial charge on any atom is 0.237 e. The number of benzene rings is 1. The molecule has 0 unspecified atom stereocenters. The highest BCUT2D eigenvalue weighted by atomic mass is 127. The fourth-order valence-corrected chi connectivity index (χ4v) is 3.54. The summed E-state index contributed by atoms with van der Waals surface area (Å²) in [5, 5.41) is 3.02. The molecule has 1 aromatic carbocycles. The normalized spacial score (nSPS) is 18.1. The molecule has 5 heteroatoms. The zero-order valence-corrected chi connectivity index (χ0v) is 14.3. The summed E-state index contributed by atoms with van der Waals surface area (Å²) in [5.74, 6) is -0.0454. The Morgan fingerprint density at radius 3 is 2.35 bits per heavy atom. The molecule has 0 aliphatic heterocycles. The molecule has 1 aliphatic rings. The first-order chi connectivity index (χ1) is 9.56. The third kappa shape index (κ3) is 3.31. The van der Waals surface area contributed by atoms with E-state index in [1.807, 2.05) is 24.3 Å². The van der Waals surface area contributed by atoms with Gasteiger partial charge in [0.1, 0.15) is 0 Å². The predicted molar refractivity (Wildman–Crippen MR) is 94.7 cm³/mol. The summed E-state index contributed by atoms with van der Waals surface area (Å²) in [6.45, 7) is 0. The topological polar surface area (TPSA) is 55.1 Å². The molecule has 0 saturated heterocycles. The van der Waals surface area contributed by atoms with Gasteiger partial charge in [-0.1, -0.05) is 50.0 Å². The van der Waals surface area contributed by atoms with Gasteiger partial charge in [0.15, 0.2) is 0 Å². The number of carbonyl (C=O) groups is 1. The van der Waals surface area contributed by atoms with Crippen LogP contribution in [0.15, 0.2) is 24.3 Å². The van der Waals surface area contributed by atoms with Gasteiger partial charge in [0.05, 0.1) is 16.1 Å². The number of hydrogen-bond acceptors (Lipinski definition) is 2. The number of nitrogens with two attached hydrogens (primary N) is 1. The molecule has 0 radical (unpaired) electrons. The average molecular weight is 402 g/mol. The predicted octanol–water partition coefficient (Wildman–Crippen LogP) is 3.86. The fourth-order valence-electron chi connectivity index (χ4n) is 2.72. The molecule has 0 heterocycles. The van der Waals surface area contributed by atoms with Gasteiger partial charge >= 0.3 is 0 Å². The Morgan fingerprint density at radius 1 is 1.20 bits per heavy atom. The van der Waals surface area contributed by atoms with Crippen molar-refractivity contribution in [3.05, 3.63) is 27.8 Å². The van der Waals surface area contributed by atoms with E-state index in [-0.39, 0.29) is 5.91 Å². The number of para-hydroxylation sites is 1. The minimum Gasteiger partial charge on any atom is -0.392 e. The Balaban J connectivity index is 2.23. The van der Waals surface area contributed by atoms with Crippen LogP contribution in [-0.4, -0.2) is 10.9 Å². The lowest BCUT2D eigenvalue weighted by Gasteiger charge is -2.30. The van der Waals surface area contributed by atoms with E-state index in [0.717, 1.165) is 47.8 Å². The highest BCUT2D eigenvalue weighted by Gasteiger charge is 2.41. The van der Waals surface area contributed by atoms with Gasteiger partial charge in [0.2, 0.25) is 5.91 Å². The van der Waals surface area contributed by atoms with Gasteiger partial charge in [-0.15, -0.1) is 0 Å². The molecule has 2 rings (SSSR count). The number of carbonyl (C=O) groups excluding carboxylic acids is 1. The highest BCUT2D eigenvalue weighted by molar-refractivity contribution is 14.1. The molecule has 0 atom stereocenters. The van der Waals surface area contributed by atoms with Crippen molar-refractivity contribution >= 4 is 51.4 Å². The first-order valence-electron chi connectivity index (χ1n) is 6.92. The van der Waals surface area contributed by atoms with E-state index < -0.39 is 5.41 Å². The molecule has 0 bridgehead atoms. The smallest absolute Gasteiger partial charge is 0.237 e. The Labute approximate surface area is 138 Å². The van der Waals surface area contributed by atoms with E-state index in [9.17, 15) is 4.79 Å². The average Bonchev–Trinajstić information content (AvgIpc) is 2.68. The second-order valence-electron chi connectivity index (χ2n) is 5.29. The van der Waals surface area contributed by atoms with Crippen molar-refractivity contribution in [2.45, 2.75) is 38.5 Å². The maximum atomic E-state index is 12.8. The summed E-state index contributed by atoms with van der Waals surface area (Å²) in [5.41, 5.74) is 6.09. The third-order valence-corrected chi connectivity index (χ3v) is 5.32. The van der Waals surface area contributed by atoms with Crippen LogP contribution in [0.1, 0.15) is 38.5 Å². The molecule has 1 saturated carbocycles. The summed E-state index contributed by atoms with van der Waals surface area (Å²) in [4.78, 5) is 13.1. The molecule has 0 spiro atoms. The summed E-state index contributed by atoms with van der Waals surface area (Å²) in [6.07, 6.45) is 5.85. The summed E-state index contributed by atoms with van der Waals surface area (Å²) < 4.78 is 1.02. The molecular formula is C15H19IN2OS. The lowest BCUT2D eigenvalue weighted by Crippen LogP contribution is -2.45. The molecule has 3 N–H and O–H groups in total. The Kier molecular flexibility index (Phi) is 5.37. The fraction of sp³-hybridized carbons (Fsp3) is 0.467. The Bertz CT molecular complexity index is 510. The largest absolute Gasteiger partial charge is 0.392 e. The summed E-state index contributed by atoms with van der Waals surface area (Å²) in [6, 6.07) is 7.74. The third-order valence-electron chi connectivity index (χ3n) is 3.99. The summed E-state index contributed by atoms with van der Waals surface area (Å²) >= 11 is 7.44. The minimum absolute atomic E-state index is 0.0454. The van der Waals surface area contributed by atoms with E-state index in [2.05, 4.69) is 27.9 Å². The second-order valence-corrected chi connectivity index (χ2v) is 6.90. The Morgan fingerprint density at radius 2 is 1.80 bits per heavy atom. The van der Waals surface area contributed by atoms with Crippen molar-refractivity contribution in [1.82, 2.24) is 0 Å². The molecule has 1 amide bonds. The second kappa shape index (κ2) is 6.85. The standard InChI is InChI=1S/C15H19IN2OS/c16-11-7-3-4-8-12(11)18-14(19)15(13(17)20)9-5-1-2-6-10-15/h3-4,7-8H,1-2,5-6,9-10H2,(H2,17,20)(H,18,19). The number of thiocarbonyl (C=S) groups is 1. The van der Waals surface area contributed by atoms with Crippen molar-refractivity contribution < 1.29 is 4.79 Å². The van der Waals surface area contributed by atoms with Crippen LogP contribution in [0.5, 0.6) is 0 Å². The first kappa shape index (κ1) is 15.7. The van der Waals surface area contributed by atoms with Crippen molar-refractivity contribution in [2.24, 2.45) is 11.1 Å². The van der Waals surface area contributed by atoms with E-state index in [1.165, 1.54) is 0 Å². The van der Waals surface area contributed by atoms with Crippen LogP contribution >= 0.6 is 34.8 Å². The lowest BCUT2D eigenvalue weighted by molar-refractivity contribution is -0.122. The lowest BCUT2D eigenvalue weighted by atomic mass is 9.79. The van der Waals surface area contributed by atoms with Crippen molar-refractivity contribution in [3.63, 3.8) is 0 Å². The molecule has 0 aromatic heterocycles. The number of anilines is 1. The maximum absolute atomic E-state index is 12.8. The summed E-state index contributed by atoms with van der Waals surface area (Å²) in [7, 11) is 0. The van der Waals surface area contributed by atoms with Gasteiger partial charge in [-0.3, -0.25) is 4.79 Å². The molecule has 1 aromatic rings. The van der Waals surface area contributed by atoms with Crippen LogP contribution in [0.3, 0.4) is 0 Å². The van der Waals surface area contributed by atoms with Crippen molar-refractivity contribution in [1.29, 1.82) is 0 Å². The van der Waals surface area contributed by atoms with Crippen LogP contribution in [0, 0.1) is 8.99 Å². The van der Waals surface area contributed by atoms with Gasteiger partial charge in [0, 0.05) is 3.57 Å². The van der Waals surface area contributed by atoms with Gasteiger partial charge < -0.3 is 11.1 Å². The molecule has 20 heavy (non-hydrogen) atoms. The van der Waals surface area contributed by atoms with Crippen molar-refractivity contribution in [3.8, 4) is 0 Å². The zero-order valence-electron chi connectivity index (χ0n) is 11.3. The van der Waals surface area contributed by atoms with Gasteiger partial charge in [-0.2, -0.15) is 0 Å². The van der Waals surface area contributed by atoms with Crippen LogP contribution in [0.2, 0.25) is 0 Å².